The van der Waals surface area contributed by atoms with Gasteiger partial charge in [-0.3, -0.25) is 0 Å². The van der Waals surface area contributed by atoms with Gasteiger partial charge in [-0.1, -0.05) is 12.1 Å². The average Bonchev–Trinajstić information content (AvgIpc) is 3.46. The first-order chi connectivity index (χ1) is 21.1. The quantitative estimate of drug-likeness (QED) is 0.194. The van der Waals surface area contributed by atoms with Crippen molar-refractivity contribution in [3.63, 3.8) is 0 Å². The Balaban J connectivity index is 0.000000182. The molecule has 1 aromatic carbocycles. The fourth-order valence-electron chi connectivity index (χ4n) is 4.47. The van der Waals surface area contributed by atoms with Crippen LogP contribution in [0.25, 0.3) is 22.9 Å². The summed E-state index contributed by atoms with van der Waals surface area (Å²) in [6.07, 6.45) is 5.41. The zero-order valence-corrected chi connectivity index (χ0v) is 29.8. The number of hydrogen-bond acceptors (Lipinski definition) is 6. The average molecular weight is 776 g/mol. The SMILES string of the molecule is Cc1ccnc(-n2nc(C)c(C)c2C)c1.Cc1ccnc(-n2nc(C)c(C)c2C)c1.NCc1cc[c-]c(-c2ccccn2)c1.[Os+]. The first kappa shape index (κ1) is 35.2. The molecule has 0 aliphatic rings. The van der Waals surface area contributed by atoms with E-state index < -0.39 is 0 Å². The molecule has 5 heterocycles. The Bertz CT molecular complexity index is 1750. The Kier molecular flexibility index (Phi) is 12.6. The molecule has 9 heteroatoms. The molecule has 8 nitrogen and oxygen atoms in total. The van der Waals surface area contributed by atoms with Gasteiger partial charge in [-0.15, -0.1) is 35.4 Å². The van der Waals surface area contributed by atoms with Crippen LogP contribution in [0.15, 0.2) is 79.3 Å². The molecule has 0 saturated carbocycles. The number of hydrogen-bond donors (Lipinski definition) is 1. The molecule has 233 valence electrons. The van der Waals surface area contributed by atoms with Crippen molar-refractivity contribution in [2.45, 2.75) is 61.9 Å². The second kappa shape index (κ2) is 16.1. The van der Waals surface area contributed by atoms with E-state index in [0.29, 0.717) is 6.54 Å². The maximum atomic E-state index is 5.56. The maximum Gasteiger partial charge on any atom is 1.00 e. The summed E-state index contributed by atoms with van der Waals surface area (Å²) in [6.45, 7) is 17.0. The number of nitrogens with zero attached hydrogens (tertiary/aromatic N) is 7. The minimum Gasteiger partial charge on any atom is -0.328 e. The minimum atomic E-state index is 0. The van der Waals surface area contributed by atoms with Crippen LogP contribution in [-0.4, -0.2) is 34.5 Å². The molecule has 0 unspecified atom stereocenters. The Labute approximate surface area is 279 Å². The van der Waals surface area contributed by atoms with E-state index in [1.54, 1.807) is 6.20 Å². The van der Waals surface area contributed by atoms with Crippen LogP contribution in [0.3, 0.4) is 0 Å². The molecular formula is C36H41N8Os. The molecule has 0 aliphatic heterocycles. The van der Waals surface area contributed by atoms with Gasteiger partial charge in [-0.2, -0.15) is 10.2 Å². The summed E-state index contributed by atoms with van der Waals surface area (Å²) in [7, 11) is 0. The third kappa shape index (κ3) is 8.88. The fourth-order valence-corrected chi connectivity index (χ4v) is 4.47. The summed E-state index contributed by atoms with van der Waals surface area (Å²) in [4.78, 5) is 12.9. The number of aryl methyl sites for hydroxylation is 4. The molecule has 0 saturated heterocycles. The minimum absolute atomic E-state index is 0. The van der Waals surface area contributed by atoms with Gasteiger partial charge in [0.05, 0.1) is 11.4 Å². The second-order valence-corrected chi connectivity index (χ2v) is 10.8. The molecule has 0 fully saturated rings. The summed E-state index contributed by atoms with van der Waals surface area (Å²) in [5.41, 5.74) is 17.9. The van der Waals surface area contributed by atoms with Crippen molar-refractivity contribution in [2.75, 3.05) is 0 Å². The van der Waals surface area contributed by atoms with E-state index in [1.165, 1.54) is 22.3 Å². The van der Waals surface area contributed by atoms with Crippen LogP contribution in [-0.2, 0) is 26.3 Å². The van der Waals surface area contributed by atoms with Crippen molar-refractivity contribution in [3.8, 4) is 22.9 Å². The fraction of sp³-hybridized carbons (Fsp3) is 0.250. The molecule has 45 heavy (non-hydrogen) atoms. The largest absolute Gasteiger partial charge is 1.00 e. The number of rotatable bonds is 4. The van der Waals surface area contributed by atoms with Crippen molar-refractivity contribution < 1.29 is 19.8 Å². The van der Waals surface area contributed by atoms with Gasteiger partial charge in [0.25, 0.3) is 0 Å². The van der Waals surface area contributed by atoms with Crippen LogP contribution in [0, 0.1) is 61.5 Å². The third-order valence-electron chi connectivity index (χ3n) is 7.58. The van der Waals surface area contributed by atoms with Crippen molar-refractivity contribution in [3.05, 3.63) is 136 Å². The number of aromatic nitrogens is 7. The summed E-state index contributed by atoms with van der Waals surface area (Å²) in [5.74, 6) is 1.78. The second-order valence-electron chi connectivity index (χ2n) is 10.8. The summed E-state index contributed by atoms with van der Waals surface area (Å²) in [6, 6.07) is 22.9. The Morgan fingerprint density at radius 3 is 1.58 bits per heavy atom. The Morgan fingerprint density at radius 1 is 0.644 bits per heavy atom. The van der Waals surface area contributed by atoms with Gasteiger partial charge in [0.2, 0.25) is 0 Å². The van der Waals surface area contributed by atoms with Gasteiger partial charge in [-0.25, -0.2) is 19.3 Å². The van der Waals surface area contributed by atoms with Crippen molar-refractivity contribution in [1.82, 2.24) is 34.5 Å². The molecule has 6 rings (SSSR count). The van der Waals surface area contributed by atoms with Gasteiger partial charge < -0.3 is 10.7 Å². The van der Waals surface area contributed by atoms with Crippen molar-refractivity contribution >= 4 is 0 Å². The molecule has 6 aromatic rings. The van der Waals surface area contributed by atoms with Gasteiger partial charge in [0.1, 0.15) is 0 Å². The molecule has 0 aliphatic carbocycles. The van der Waals surface area contributed by atoms with E-state index in [2.05, 4.69) is 72.8 Å². The molecule has 1 radical (unpaired) electrons. The van der Waals surface area contributed by atoms with Crippen LogP contribution in [0.4, 0.5) is 0 Å². The normalized spacial score (nSPS) is 10.2. The maximum absolute atomic E-state index is 5.56. The third-order valence-corrected chi connectivity index (χ3v) is 7.58. The van der Waals surface area contributed by atoms with E-state index in [-0.39, 0.29) is 19.8 Å². The van der Waals surface area contributed by atoms with Crippen LogP contribution in [0.2, 0.25) is 0 Å². The van der Waals surface area contributed by atoms with Crippen LogP contribution in [0.1, 0.15) is 50.6 Å². The van der Waals surface area contributed by atoms with Gasteiger partial charge in [-0.05, 0) is 114 Å². The molecule has 5 aromatic heterocycles. The van der Waals surface area contributed by atoms with Gasteiger partial charge in [0.15, 0.2) is 11.6 Å². The van der Waals surface area contributed by atoms with Gasteiger partial charge >= 0.3 is 19.8 Å². The van der Waals surface area contributed by atoms with E-state index in [0.717, 1.165) is 51.2 Å². The molecular weight excluding hydrogens is 735 g/mol. The Morgan fingerprint density at radius 2 is 1.18 bits per heavy atom. The topological polar surface area (TPSA) is 100 Å². The molecule has 0 amide bonds. The first-order valence-corrected chi connectivity index (χ1v) is 14.6. The molecule has 0 atom stereocenters. The molecule has 2 N–H and O–H groups in total. The zero-order chi connectivity index (χ0) is 31.8. The van der Waals surface area contributed by atoms with E-state index in [9.17, 15) is 0 Å². The predicted octanol–water partition coefficient (Wildman–Crippen LogP) is 7.01. The molecule has 0 bridgehead atoms. The Hall–Kier alpha value is -4.31. The van der Waals surface area contributed by atoms with Crippen LogP contribution >= 0.6 is 0 Å². The monoisotopic (exact) mass is 777 g/mol. The van der Waals surface area contributed by atoms with Crippen LogP contribution in [0.5, 0.6) is 0 Å². The smallest absolute Gasteiger partial charge is 0.328 e. The molecule has 0 spiro atoms. The number of benzene rings is 1. The standard InChI is InChI=1S/2C12H15N3.C12H11N2.Os/c2*1-8-5-6-13-12(7-8)15-11(4)9(2)10(3)14-15;13-9-10-4-3-5-11(8-10)12-6-1-2-7-14-12;/h2*5-7H,1-4H3;1-4,6-8H,9,13H2;/q;;-1;+1. The zero-order valence-electron chi connectivity index (χ0n) is 27.3. The summed E-state index contributed by atoms with van der Waals surface area (Å²) < 4.78 is 3.80. The van der Waals surface area contributed by atoms with E-state index in [4.69, 9.17) is 5.73 Å². The van der Waals surface area contributed by atoms with Crippen molar-refractivity contribution in [1.29, 1.82) is 0 Å². The van der Waals surface area contributed by atoms with Crippen molar-refractivity contribution in [2.24, 2.45) is 5.73 Å². The van der Waals surface area contributed by atoms with Crippen LogP contribution < -0.4 is 5.73 Å². The first-order valence-electron chi connectivity index (χ1n) is 14.6. The van der Waals surface area contributed by atoms with E-state index >= 15 is 0 Å². The van der Waals surface area contributed by atoms with E-state index in [1.807, 2.05) is 96.3 Å². The number of pyridine rings is 3. The summed E-state index contributed by atoms with van der Waals surface area (Å²) in [5, 5.41) is 8.95. The van der Waals surface area contributed by atoms with Gasteiger partial charge in [0, 0.05) is 36.5 Å². The summed E-state index contributed by atoms with van der Waals surface area (Å²) >= 11 is 0. The predicted molar refractivity (Wildman–Crippen MR) is 177 cm³/mol. The number of nitrogens with two attached hydrogens (primary N) is 1.